The third-order valence-corrected chi connectivity index (χ3v) is 8.70. The maximum absolute atomic E-state index is 9.96. The van der Waals surface area contributed by atoms with Gasteiger partial charge in [0.15, 0.2) is 0 Å². The lowest BCUT2D eigenvalue weighted by Gasteiger charge is -2.30. The van der Waals surface area contributed by atoms with Crippen molar-refractivity contribution in [1.82, 2.24) is 4.57 Å². The van der Waals surface area contributed by atoms with E-state index in [0.29, 0.717) is 5.46 Å². The number of aromatic nitrogens is 1. The molecule has 202 valence electrons. The van der Waals surface area contributed by atoms with Crippen LogP contribution in [0.4, 0.5) is 11.4 Å². The zero-order chi connectivity index (χ0) is 28.2. The molecule has 0 saturated carbocycles. The van der Waals surface area contributed by atoms with Crippen molar-refractivity contribution in [2.45, 2.75) is 18.4 Å². The van der Waals surface area contributed by atoms with E-state index in [1.807, 2.05) is 18.2 Å². The summed E-state index contributed by atoms with van der Waals surface area (Å²) in [6, 6.07) is 31.8. The van der Waals surface area contributed by atoms with Gasteiger partial charge < -0.3 is 19.5 Å². The summed E-state index contributed by atoms with van der Waals surface area (Å²) in [5.74, 6) is 0.280. The van der Waals surface area contributed by atoms with E-state index in [2.05, 4.69) is 125 Å². The number of fused-ring (bicyclic) bond motifs is 6. The van der Waals surface area contributed by atoms with Crippen LogP contribution in [0.15, 0.2) is 127 Å². The summed E-state index contributed by atoms with van der Waals surface area (Å²) in [4.78, 5) is 2.46. The standard InChI is InChI=1S/C37H29BN2O2/c41-38(42)27-12-10-11-25(21-27)26-22-28(39-34-17-3-1-2-13-30(34)31-14-4-7-18-35(31)39)24-29(23-26)40-36-19-8-5-15-32(36)33-16-6-9-20-37(33)40/h2-24,32,36,41-42H,1H2. The highest BCUT2D eigenvalue weighted by Gasteiger charge is 2.37. The molecule has 0 radical (unpaired) electrons. The monoisotopic (exact) mass is 544 g/mol. The molecule has 4 nitrogen and oxygen atoms in total. The van der Waals surface area contributed by atoms with Gasteiger partial charge in [-0.05, 0) is 65.0 Å². The molecule has 2 heterocycles. The molecule has 0 bridgehead atoms. The van der Waals surface area contributed by atoms with Crippen molar-refractivity contribution in [3.63, 3.8) is 0 Å². The minimum atomic E-state index is -1.53. The van der Waals surface area contributed by atoms with Gasteiger partial charge in [-0.25, -0.2) is 0 Å². The number of hydrogen-bond acceptors (Lipinski definition) is 3. The van der Waals surface area contributed by atoms with E-state index >= 15 is 0 Å². The molecule has 2 atom stereocenters. The minimum Gasteiger partial charge on any atom is -0.423 e. The lowest BCUT2D eigenvalue weighted by molar-refractivity contribution is 0.426. The Balaban J connectivity index is 1.41. The van der Waals surface area contributed by atoms with Crippen molar-refractivity contribution in [3.05, 3.63) is 144 Å². The Morgan fingerprint density at radius 3 is 2.45 bits per heavy atom. The van der Waals surface area contributed by atoms with Crippen molar-refractivity contribution in [1.29, 1.82) is 0 Å². The summed E-state index contributed by atoms with van der Waals surface area (Å²) >= 11 is 0. The molecule has 4 aromatic carbocycles. The zero-order valence-corrected chi connectivity index (χ0v) is 23.0. The molecule has 8 rings (SSSR count). The normalized spacial score (nSPS) is 18.2. The van der Waals surface area contributed by atoms with Crippen LogP contribution in [0.1, 0.15) is 29.2 Å². The highest BCUT2D eigenvalue weighted by atomic mass is 16.4. The van der Waals surface area contributed by atoms with E-state index < -0.39 is 7.12 Å². The second kappa shape index (κ2) is 9.91. The average Bonchev–Trinajstić information content (AvgIpc) is 3.41. The van der Waals surface area contributed by atoms with Crippen molar-refractivity contribution < 1.29 is 10.0 Å². The second-order valence-electron chi connectivity index (χ2n) is 11.1. The third kappa shape index (κ3) is 3.93. The average molecular weight is 544 g/mol. The van der Waals surface area contributed by atoms with Gasteiger partial charge >= 0.3 is 7.12 Å². The van der Waals surface area contributed by atoms with E-state index in [0.717, 1.165) is 40.1 Å². The summed E-state index contributed by atoms with van der Waals surface area (Å²) < 4.78 is 2.37. The highest BCUT2D eigenvalue weighted by molar-refractivity contribution is 6.58. The number of hydrogen-bond donors (Lipinski definition) is 2. The molecule has 42 heavy (non-hydrogen) atoms. The van der Waals surface area contributed by atoms with Gasteiger partial charge in [0.2, 0.25) is 0 Å². The smallest absolute Gasteiger partial charge is 0.423 e. The quantitative estimate of drug-likeness (QED) is 0.237. The molecular weight excluding hydrogens is 515 g/mol. The molecule has 2 unspecified atom stereocenters. The predicted octanol–water partition coefficient (Wildman–Crippen LogP) is 7.14. The third-order valence-electron chi connectivity index (χ3n) is 8.70. The Bertz CT molecular complexity index is 1980. The topological polar surface area (TPSA) is 48.6 Å². The summed E-state index contributed by atoms with van der Waals surface area (Å²) in [5, 5.41) is 21.1. The number of anilines is 2. The van der Waals surface area contributed by atoms with Crippen LogP contribution in [-0.2, 0) is 0 Å². The Hall–Kier alpha value is -4.84. The van der Waals surface area contributed by atoms with E-state index in [1.54, 1.807) is 6.07 Å². The lowest BCUT2D eigenvalue weighted by atomic mass is 9.79. The molecule has 0 spiro atoms. The molecule has 5 aromatic rings. The fourth-order valence-electron chi connectivity index (χ4n) is 6.85. The van der Waals surface area contributed by atoms with Crippen molar-refractivity contribution in [2.75, 3.05) is 4.90 Å². The van der Waals surface area contributed by atoms with Gasteiger partial charge in [0.25, 0.3) is 0 Å². The van der Waals surface area contributed by atoms with E-state index in [-0.39, 0.29) is 12.0 Å². The first kappa shape index (κ1) is 24.9. The summed E-state index contributed by atoms with van der Waals surface area (Å²) in [6.07, 6.45) is 18.7. The molecule has 2 N–H and O–H groups in total. The first-order valence-electron chi connectivity index (χ1n) is 14.5. The summed E-state index contributed by atoms with van der Waals surface area (Å²) in [7, 11) is -1.53. The van der Waals surface area contributed by atoms with Crippen LogP contribution in [0.25, 0.3) is 39.9 Å². The maximum atomic E-state index is 9.96. The molecule has 0 fully saturated rings. The fraction of sp³-hybridized carbons (Fsp3) is 0.0811. The van der Waals surface area contributed by atoms with Crippen molar-refractivity contribution >= 4 is 47.0 Å². The number of benzene rings is 4. The summed E-state index contributed by atoms with van der Waals surface area (Å²) in [6.45, 7) is 0. The first-order valence-corrected chi connectivity index (χ1v) is 14.5. The minimum absolute atomic E-state index is 0.169. The van der Waals surface area contributed by atoms with Gasteiger partial charge in [-0.3, -0.25) is 0 Å². The first-order chi connectivity index (χ1) is 20.7. The van der Waals surface area contributed by atoms with Gasteiger partial charge in [0, 0.05) is 33.9 Å². The number of nitrogens with zero attached hydrogens (tertiary/aromatic N) is 2. The Morgan fingerprint density at radius 2 is 1.52 bits per heavy atom. The molecule has 3 aliphatic rings. The Morgan fingerprint density at radius 1 is 0.714 bits per heavy atom. The SMILES string of the molecule is OB(O)c1cccc(-c2cc(N3c4ccccc4C4C=CC=CC43)cc(-n3c4c(c5ccccc53)C=CCC=C4)c2)c1. The largest absolute Gasteiger partial charge is 0.488 e. The van der Waals surface area contributed by atoms with Crippen LogP contribution in [0.3, 0.4) is 0 Å². The van der Waals surface area contributed by atoms with Gasteiger partial charge in [-0.2, -0.15) is 0 Å². The van der Waals surface area contributed by atoms with Crippen LogP contribution >= 0.6 is 0 Å². The second-order valence-corrected chi connectivity index (χ2v) is 11.1. The number of rotatable bonds is 4. The van der Waals surface area contributed by atoms with Crippen LogP contribution in [0, 0.1) is 0 Å². The van der Waals surface area contributed by atoms with Gasteiger partial charge in [-0.15, -0.1) is 0 Å². The molecule has 1 aliphatic heterocycles. The molecule has 0 saturated heterocycles. The molecule has 5 heteroatoms. The van der Waals surface area contributed by atoms with Crippen molar-refractivity contribution in [2.24, 2.45) is 0 Å². The molecule has 0 amide bonds. The van der Waals surface area contributed by atoms with Crippen LogP contribution in [0.2, 0.25) is 0 Å². The van der Waals surface area contributed by atoms with E-state index in [9.17, 15) is 10.0 Å². The Labute approximate surface area is 245 Å². The van der Waals surface area contributed by atoms with Gasteiger partial charge in [0.05, 0.1) is 17.3 Å². The fourth-order valence-corrected chi connectivity index (χ4v) is 6.85. The van der Waals surface area contributed by atoms with Crippen LogP contribution in [-0.4, -0.2) is 27.8 Å². The maximum Gasteiger partial charge on any atom is 0.488 e. The van der Waals surface area contributed by atoms with Gasteiger partial charge in [0.1, 0.15) is 0 Å². The molecule has 2 aliphatic carbocycles. The van der Waals surface area contributed by atoms with Crippen molar-refractivity contribution in [3.8, 4) is 16.8 Å². The molecule has 1 aromatic heterocycles. The summed E-state index contributed by atoms with van der Waals surface area (Å²) in [5.41, 5.74) is 10.7. The molecular formula is C37H29BN2O2. The highest BCUT2D eigenvalue weighted by Crippen LogP contribution is 2.48. The lowest BCUT2D eigenvalue weighted by Crippen LogP contribution is -2.29. The number of para-hydroxylation sites is 2. The van der Waals surface area contributed by atoms with E-state index in [1.165, 1.54) is 22.2 Å². The number of allylic oxidation sites excluding steroid dienone is 4. The Kier molecular flexibility index (Phi) is 5.88. The van der Waals surface area contributed by atoms with Gasteiger partial charge in [-0.1, -0.05) is 103 Å². The predicted molar refractivity (Wildman–Crippen MR) is 175 cm³/mol. The van der Waals surface area contributed by atoms with E-state index in [4.69, 9.17) is 0 Å². The van der Waals surface area contributed by atoms with Crippen LogP contribution in [0.5, 0.6) is 0 Å². The van der Waals surface area contributed by atoms with Crippen LogP contribution < -0.4 is 10.4 Å². The zero-order valence-electron chi connectivity index (χ0n) is 23.0.